The van der Waals surface area contributed by atoms with E-state index in [0.717, 1.165) is 10.4 Å². The van der Waals surface area contributed by atoms with E-state index >= 15 is 0 Å². The lowest BCUT2D eigenvalue weighted by Gasteiger charge is -2.03. The number of nitrogens with zero attached hydrogens (tertiary/aromatic N) is 2. The van der Waals surface area contributed by atoms with Gasteiger partial charge < -0.3 is 4.98 Å². The summed E-state index contributed by atoms with van der Waals surface area (Å²) in [7, 11) is 0. The van der Waals surface area contributed by atoms with Crippen LogP contribution < -0.4 is 5.56 Å². The van der Waals surface area contributed by atoms with Gasteiger partial charge in [0.1, 0.15) is 4.83 Å². The Hall–Kier alpha value is -2.99. The van der Waals surface area contributed by atoms with E-state index in [0.29, 0.717) is 15.9 Å². The van der Waals surface area contributed by atoms with E-state index in [1.807, 2.05) is 36.4 Å². The number of hydrogen-bond acceptors (Lipinski definition) is 4. The molecule has 5 nitrogen and oxygen atoms in total. The number of H-pyrrole nitrogens is 1. The summed E-state index contributed by atoms with van der Waals surface area (Å²) in [4.78, 5) is 33.7. The van der Waals surface area contributed by atoms with Crippen LogP contribution in [0.5, 0.6) is 0 Å². The Balaban J connectivity index is 1.73. The van der Waals surface area contributed by atoms with Gasteiger partial charge >= 0.3 is 0 Å². The average Bonchev–Trinajstić information content (AvgIpc) is 3.28. The standard InChI is InChI=1S/C18H13N3O2S/c22-15(14-7-4-8-19-14)10-21-11-20-17-13(18(21)23)9-16(24-17)12-5-2-1-3-6-12/h1-9,11,19H,10H2. The van der Waals surface area contributed by atoms with Crippen LogP contribution in [0.4, 0.5) is 0 Å². The highest BCUT2D eigenvalue weighted by molar-refractivity contribution is 7.21. The molecule has 0 spiro atoms. The van der Waals surface area contributed by atoms with Gasteiger partial charge in [0.05, 0.1) is 24.0 Å². The number of fused-ring (bicyclic) bond motifs is 1. The molecule has 0 atom stereocenters. The Morgan fingerprint density at radius 3 is 2.75 bits per heavy atom. The lowest BCUT2D eigenvalue weighted by Crippen LogP contribution is -2.24. The number of benzene rings is 1. The molecule has 0 unspecified atom stereocenters. The molecular formula is C18H13N3O2S. The predicted molar refractivity (Wildman–Crippen MR) is 94.4 cm³/mol. The number of nitrogens with one attached hydrogen (secondary N) is 1. The number of aromatic nitrogens is 3. The van der Waals surface area contributed by atoms with Gasteiger partial charge in [-0.05, 0) is 23.8 Å². The van der Waals surface area contributed by atoms with Crippen molar-refractivity contribution in [3.8, 4) is 10.4 Å². The lowest BCUT2D eigenvalue weighted by atomic mass is 10.2. The minimum atomic E-state index is -0.196. The van der Waals surface area contributed by atoms with Crippen molar-refractivity contribution in [1.29, 1.82) is 0 Å². The van der Waals surface area contributed by atoms with Crippen LogP contribution in [0.25, 0.3) is 20.7 Å². The number of rotatable bonds is 4. The fourth-order valence-electron chi connectivity index (χ4n) is 2.56. The highest BCUT2D eigenvalue weighted by Crippen LogP contribution is 2.30. The van der Waals surface area contributed by atoms with Gasteiger partial charge in [0.15, 0.2) is 5.78 Å². The summed E-state index contributed by atoms with van der Waals surface area (Å²) in [6.07, 6.45) is 3.12. The van der Waals surface area contributed by atoms with Crippen LogP contribution >= 0.6 is 11.3 Å². The summed E-state index contributed by atoms with van der Waals surface area (Å²) in [6, 6.07) is 15.2. The first-order valence-electron chi connectivity index (χ1n) is 7.43. The predicted octanol–water partition coefficient (Wildman–Crippen LogP) is 3.34. The van der Waals surface area contributed by atoms with Crippen LogP contribution in [0.1, 0.15) is 10.5 Å². The van der Waals surface area contributed by atoms with Crippen LogP contribution in [0.2, 0.25) is 0 Å². The second-order valence-corrected chi connectivity index (χ2v) is 6.41. The number of Topliss-reactive ketones (excluding diaryl/α,β-unsaturated/α-hetero) is 1. The first-order valence-corrected chi connectivity index (χ1v) is 8.25. The van der Waals surface area contributed by atoms with Crippen LogP contribution in [0.15, 0.2) is 65.8 Å². The van der Waals surface area contributed by atoms with Crippen molar-refractivity contribution in [2.24, 2.45) is 0 Å². The summed E-state index contributed by atoms with van der Waals surface area (Å²) < 4.78 is 1.35. The van der Waals surface area contributed by atoms with E-state index in [1.165, 1.54) is 22.2 Å². The largest absolute Gasteiger partial charge is 0.359 e. The molecule has 4 rings (SSSR count). The highest BCUT2D eigenvalue weighted by Gasteiger charge is 2.13. The van der Waals surface area contributed by atoms with Crippen molar-refractivity contribution in [2.45, 2.75) is 6.54 Å². The topological polar surface area (TPSA) is 67.8 Å². The molecule has 0 amide bonds. The first kappa shape index (κ1) is 14.6. The molecule has 0 saturated heterocycles. The minimum absolute atomic E-state index is 0.0290. The molecule has 0 aliphatic heterocycles. The van der Waals surface area contributed by atoms with Crippen LogP contribution in [0.3, 0.4) is 0 Å². The summed E-state index contributed by atoms with van der Waals surface area (Å²) >= 11 is 1.47. The first-order chi connectivity index (χ1) is 11.7. The summed E-state index contributed by atoms with van der Waals surface area (Å²) in [6.45, 7) is -0.0290. The molecule has 3 aromatic heterocycles. The fraction of sp³-hybridized carbons (Fsp3) is 0.0556. The molecule has 1 aromatic carbocycles. The van der Waals surface area contributed by atoms with E-state index in [4.69, 9.17) is 0 Å². The minimum Gasteiger partial charge on any atom is -0.359 e. The molecule has 6 heteroatoms. The van der Waals surface area contributed by atoms with Crippen LogP contribution in [-0.4, -0.2) is 20.3 Å². The molecule has 24 heavy (non-hydrogen) atoms. The molecule has 4 aromatic rings. The zero-order valence-electron chi connectivity index (χ0n) is 12.6. The average molecular weight is 335 g/mol. The van der Waals surface area contributed by atoms with Gasteiger partial charge in [-0.2, -0.15) is 0 Å². The summed E-state index contributed by atoms with van der Waals surface area (Å²) in [5.74, 6) is -0.151. The summed E-state index contributed by atoms with van der Waals surface area (Å²) in [5.41, 5.74) is 1.34. The van der Waals surface area contributed by atoms with Crippen molar-refractivity contribution < 1.29 is 4.79 Å². The maximum atomic E-state index is 12.6. The quantitative estimate of drug-likeness (QED) is 0.582. The van der Waals surface area contributed by atoms with Gasteiger partial charge in [0, 0.05) is 11.1 Å². The van der Waals surface area contributed by atoms with Crippen LogP contribution in [0, 0.1) is 0 Å². The second-order valence-electron chi connectivity index (χ2n) is 5.38. The highest BCUT2D eigenvalue weighted by atomic mass is 32.1. The molecule has 0 aliphatic rings. The van der Waals surface area contributed by atoms with Crippen molar-refractivity contribution in [3.05, 3.63) is 77.1 Å². The van der Waals surface area contributed by atoms with Crippen molar-refractivity contribution >= 4 is 27.3 Å². The number of thiophene rings is 1. The third-order valence-electron chi connectivity index (χ3n) is 3.79. The number of hydrogen-bond donors (Lipinski definition) is 1. The molecular weight excluding hydrogens is 322 g/mol. The zero-order valence-corrected chi connectivity index (χ0v) is 13.4. The van der Waals surface area contributed by atoms with Gasteiger partial charge in [0.2, 0.25) is 0 Å². The number of carbonyl (C=O) groups excluding carboxylic acids is 1. The normalized spacial score (nSPS) is 11.0. The van der Waals surface area contributed by atoms with E-state index in [1.54, 1.807) is 18.3 Å². The van der Waals surface area contributed by atoms with Gasteiger partial charge in [0.25, 0.3) is 5.56 Å². The Bertz CT molecular complexity index is 1060. The molecule has 1 N–H and O–H groups in total. The maximum Gasteiger partial charge on any atom is 0.262 e. The fourth-order valence-corrected chi connectivity index (χ4v) is 3.56. The van der Waals surface area contributed by atoms with Gasteiger partial charge in [-0.1, -0.05) is 30.3 Å². The van der Waals surface area contributed by atoms with Crippen molar-refractivity contribution in [1.82, 2.24) is 14.5 Å². The third-order valence-corrected chi connectivity index (χ3v) is 4.88. The molecule has 0 radical (unpaired) electrons. The molecule has 118 valence electrons. The monoisotopic (exact) mass is 335 g/mol. The van der Waals surface area contributed by atoms with Crippen molar-refractivity contribution in [2.75, 3.05) is 0 Å². The summed E-state index contributed by atoms with van der Waals surface area (Å²) in [5, 5.41) is 0.542. The SMILES string of the molecule is O=C(Cn1cnc2sc(-c3ccccc3)cc2c1=O)c1ccc[nH]1. The number of ketones is 1. The third kappa shape index (κ3) is 2.57. The molecule has 0 fully saturated rings. The molecule has 0 saturated carbocycles. The Kier molecular flexibility index (Phi) is 3.59. The second kappa shape index (κ2) is 5.90. The number of carbonyl (C=O) groups is 1. The Morgan fingerprint density at radius 2 is 2.00 bits per heavy atom. The van der Waals surface area contributed by atoms with Gasteiger partial charge in [-0.25, -0.2) is 4.98 Å². The smallest absolute Gasteiger partial charge is 0.262 e. The van der Waals surface area contributed by atoms with Gasteiger partial charge in [-0.15, -0.1) is 11.3 Å². The number of aromatic amines is 1. The lowest BCUT2D eigenvalue weighted by molar-refractivity contribution is 0.0966. The molecule has 0 bridgehead atoms. The Morgan fingerprint density at radius 1 is 1.17 bits per heavy atom. The Labute approximate surface area is 141 Å². The van der Waals surface area contributed by atoms with E-state index in [-0.39, 0.29) is 17.9 Å². The van der Waals surface area contributed by atoms with E-state index < -0.39 is 0 Å². The van der Waals surface area contributed by atoms with E-state index in [9.17, 15) is 9.59 Å². The zero-order chi connectivity index (χ0) is 16.5. The van der Waals surface area contributed by atoms with Gasteiger partial charge in [-0.3, -0.25) is 14.2 Å². The maximum absolute atomic E-state index is 12.6. The molecule has 3 heterocycles. The van der Waals surface area contributed by atoms with Crippen molar-refractivity contribution in [3.63, 3.8) is 0 Å². The molecule has 0 aliphatic carbocycles. The van der Waals surface area contributed by atoms with E-state index in [2.05, 4.69) is 9.97 Å². The van der Waals surface area contributed by atoms with Crippen LogP contribution in [-0.2, 0) is 6.54 Å².